The lowest BCUT2D eigenvalue weighted by Gasteiger charge is -2.39. The van der Waals surface area contributed by atoms with Crippen molar-refractivity contribution in [3.8, 4) is 11.3 Å². The van der Waals surface area contributed by atoms with Crippen LogP contribution in [0.4, 0.5) is 9.18 Å². The third-order valence-corrected chi connectivity index (χ3v) is 6.66. The van der Waals surface area contributed by atoms with Gasteiger partial charge in [-0.1, -0.05) is 41.9 Å². The van der Waals surface area contributed by atoms with Gasteiger partial charge in [0, 0.05) is 42.2 Å². The van der Waals surface area contributed by atoms with E-state index < -0.39 is 18.4 Å². The number of hydrogen-bond donors (Lipinski definition) is 1. The van der Waals surface area contributed by atoms with Gasteiger partial charge in [-0.15, -0.1) is 0 Å². The summed E-state index contributed by atoms with van der Waals surface area (Å²) in [6, 6.07) is 14.2. The summed E-state index contributed by atoms with van der Waals surface area (Å²) in [5.74, 6) is -0.168. The molecule has 7 nitrogen and oxygen atoms in total. The molecule has 1 aliphatic rings. The van der Waals surface area contributed by atoms with Gasteiger partial charge in [0.1, 0.15) is 13.3 Å². The first-order valence-electron chi connectivity index (χ1n) is 11.8. The number of halogens is 2. The van der Waals surface area contributed by atoms with Crippen molar-refractivity contribution < 1.29 is 23.8 Å². The van der Waals surface area contributed by atoms with Gasteiger partial charge in [-0.05, 0) is 44.5 Å². The SMILES string of the molecule is C[C@@H]1CN(C(=O)c2ccc3c(Cl)cc(-c4ccc(C(C)(C)O)cc4)nc3c2)CCN1C(=O)OCCF. The molecule has 1 saturated heterocycles. The summed E-state index contributed by atoms with van der Waals surface area (Å²) in [5, 5.41) is 11.5. The molecule has 4 rings (SSSR count). The van der Waals surface area contributed by atoms with Crippen LogP contribution in [-0.4, -0.2) is 70.8 Å². The Bertz CT molecular complexity index is 1280. The number of aromatic nitrogens is 1. The molecule has 190 valence electrons. The van der Waals surface area contributed by atoms with Crippen LogP contribution in [0.25, 0.3) is 22.2 Å². The Kier molecular flexibility index (Phi) is 7.47. The summed E-state index contributed by atoms with van der Waals surface area (Å²) >= 11 is 6.55. The molecule has 2 amide bonds. The predicted molar refractivity (Wildman–Crippen MR) is 137 cm³/mol. The molecule has 0 aliphatic carbocycles. The molecule has 1 atom stereocenters. The Hall–Kier alpha value is -3.23. The second-order valence-electron chi connectivity index (χ2n) is 9.45. The number of carbonyl (C=O) groups excluding carboxylic acids is 2. The topological polar surface area (TPSA) is 83.0 Å². The number of alkyl halides is 1. The fourth-order valence-electron chi connectivity index (χ4n) is 4.32. The summed E-state index contributed by atoms with van der Waals surface area (Å²) in [7, 11) is 0. The molecule has 3 aromatic rings. The Morgan fingerprint density at radius 3 is 2.53 bits per heavy atom. The molecule has 2 aromatic carbocycles. The van der Waals surface area contributed by atoms with Crippen molar-refractivity contribution in [2.24, 2.45) is 0 Å². The number of carbonyl (C=O) groups is 2. The molecular weight excluding hydrogens is 485 g/mol. The van der Waals surface area contributed by atoms with Crippen LogP contribution in [0.1, 0.15) is 36.7 Å². The average Bonchev–Trinajstić information content (AvgIpc) is 2.86. The van der Waals surface area contributed by atoms with Crippen molar-refractivity contribution in [3.05, 3.63) is 64.7 Å². The normalized spacial score (nSPS) is 16.3. The number of hydrogen-bond acceptors (Lipinski definition) is 5. The van der Waals surface area contributed by atoms with Crippen molar-refractivity contribution >= 4 is 34.5 Å². The Labute approximate surface area is 214 Å². The molecule has 0 radical (unpaired) electrons. The number of fused-ring (bicyclic) bond motifs is 1. The fourth-order valence-corrected chi connectivity index (χ4v) is 4.58. The minimum Gasteiger partial charge on any atom is -0.447 e. The first kappa shape index (κ1) is 25.9. The van der Waals surface area contributed by atoms with E-state index in [9.17, 15) is 19.1 Å². The molecule has 1 aliphatic heterocycles. The molecule has 0 saturated carbocycles. The van der Waals surface area contributed by atoms with Gasteiger partial charge < -0.3 is 19.6 Å². The average molecular weight is 514 g/mol. The van der Waals surface area contributed by atoms with Gasteiger partial charge in [-0.3, -0.25) is 4.79 Å². The predicted octanol–water partition coefficient (Wildman–Crippen LogP) is 5.04. The second kappa shape index (κ2) is 10.4. The lowest BCUT2D eigenvalue weighted by atomic mass is 9.96. The lowest BCUT2D eigenvalue weighted by molar-refractivity contribution is 0.0398. The first-order valence-corrected chi connectivity index (χ1v) is 12.2. The lowest BCUT2D eigenvalue weighted by Crippen LogP contribution is -2.55. The summed E-state index contributed by atoms with van der Waals surface area (Å²) in [5.41, 5.74) is 2.41. The van der Waals surface area contributed by atoms with E-state index in [0.29, 0.717) is 41.4 Å². The minimum atomic E-state index is -0.945. The van der Waals surface area contributed by atoms with Crippen LogP contribution in [0.2, 0.25) is 5.02 Å². The van der Waals surface area contributed by atoms with Gasteiger partial charge in [0.05, 0.1) is 21.8 Å². The van der Waals surface area contributed by atoms with Gasteiger partial charge in [0.15, 0.2) is 0 Å². The van der Waals surface area contributed by atoms with Crippen molar-refractivity contribution in [1.29, 1.82) is 0 Å². The Morgan fingerprint density at radius 1 is 1.17 bits per heavy atom. The molecule has 1 aromatic heterocycles. The molecule has 1 N–H and O–H groups in total. The van der Waals surface area contributed by atoms with E-state index in [-0.39, 0.29) is 18.6 Å². The zero-order valence-electron chi connectivity index (χ0n) is 20.5. The fraction of sp³-hybridized carbons (Fsp3) is 0.370. The van der Waals surface area contributed by atoms with E-state index in [2.05, 4.69) is 0 Å². The van der Waals surface area contributed by atoms with E-state index in [1.165, 1.54) is 4.90 Å². The molecule has 0 bridgehead atoms. The number of amides is 2. The summed E-state index contributed by atoms with van der Waals surface area (Å²) in [6.07, 6.45) is -0.570. The van der Waals surface area contributed by atoms with Crippen LogP contribution in [0.15, 0.2) is 48.5 Å². The summed E-state index contributed by atoms with van der Waals surface area (Å²) in [6.45, 7) is 5.26. The van der Waals surface area contributed by atoms with E-state index in [0.717, 1.165) is 16.5 Å². The number of ether oxygens (including phenoxy) is 1. The zero-order chi connectivity index (χ0) is 26.0. The van der Waals surface area contributed by atoms with Crippen molar-refractivity contribution in [1.82, 2.24) is 14.8 Å². The highest BCUT2D eigenvalue weighted by molar-refractivity contribution is 6.35. The van der Waals surface area contributed by atoms with Gasteiger partial charge in [0.25, 0.3) is 5.91 Å². The highest BCUT2D eigenvalue weighted by Gasteiger charge is 2.31. The van der Waals surface area contributed by atoms with E-state index in [4.69, 9.17) is 21.3 Å². The maximum atomic E-state index is 13.3. The van der Waals surface area contributed by atoms with Crippen LogP contribution in [-0.2, 0) is 10.3 Å². The smallest absolute Gasteiger partial charge is 0.410 e. The first-order chi connectivity index (χ1) is 17.1. The molecule has 1 fully saturated rings. The Balaban J connectivity index is 1.55. The molecule has 9 heteroatoms. The van der Waals surface area contributed by atoms with E-state index in [1.54, 1.807) is 43.0 Å². The van der Waals surface area contributed by atoms with Gasteiger partial charge in [-0.2, -0.15) is 0 Å². The van der Waals surface area contributed by atoms with Crippen molar-refractivity contribution in [3.63, 3.8) is 0 Å². The van der Waals surface area contributed by atoms with E-state index >= 15 is 0 Å². The minimum absolute atomic E-state index is 0.168. The monoisotopic (exact) mass is 513 g/mol. The third-order valence-electron chi connectivity index (χ3n) is 6.35. The van der Waals surface area contributed by atoms with E-state index in [1.807, 2.05) is 31.2 Å². The van der Waals surface area contributed by atoms with Gasteiger partial charge in [-0.25, -0.2) is 14.2 Å². The number of pyridine rings is 1. The van der Waals surface area contributed by atoms with Crippen LogP contribution < -0.4 is 0 Å². The van der Waals surface area contributed by atoms with Crippen LogP contribution in [0, 0.1) is 0 Å². The van der Waals surface area contributed by atoms with Gasteiger partial charge in [0.2, 0.25) is 0 Å². The molecule has 2 heterocycles. The van der Waals surface area contributed by atoms with Crippen molar-refractivity contribution in [2.75, 3.05) is 32.9 Å². The molecular formula is C27H29ClFN3O4. The van der Waals surface area contributed by atoms with Crippen LogP contribution in [0.5, 0.6) is 0 Å². The number of rotatable bonds is 5. The highest BCUT2D eigenvalue weighted by Crippen LogP contribution is 2.30. The van der Waals surface area contributed by atoms with Crippen LogP contribution >= 0.6 is 11.6 Å². The van der Waals surface area contributed by atoms with Crippen molar-refractivity contribution in [2.45, 2.75) is 32.4 Å². The number of aliphatic hydroxyl groups is 1. The second-order valence-corrected chi connectivity index (χ2v) is 9.86. The molecule has 0 spiro atoms. The maximum Gasteiger partial charge on any atom is 0.410 e. The standard InChI is InChI=1S/C27H29ClFN3O4/c1-17-16-31(11-12-32(17)26(34)36-13-10-29)25(33)19-6-9-21-22(28)15-23(30-24(21)14-19)18-4-7-20(8-5-18)27(2,3)35/h4-9,14-15,17,35H,10-13,16H2,1-3H3/t17-/m1/s1. The maximum absolute atomic E-state index is 13.3. The molecule has 36 heavy (non-hydrogen) atoms. The number of benzene rings is 2. The number of nitrogens with zero attached hydrogens (tertiary/aromatic N) is 3. The van der Waals surface area contributed by atoms with Crippen LogP contribution in [0.3, 0.4) is 0 Å². The summed E-state index contributed by atoms with van der Waals surface area (Å²) in [4.78, 5) is 33.3. The zero-order valence-corrected chi connectivity index (χ0v) is 21.3. The largest absolute Gasteiger partial charge is 0.447 e. The molecule has 0 unspecified atom stereocenters. The quantitative estimate of drug-likeness (QED) is 0.517. The van der Waals surface area contributed by atoms with Gasteiger partial charge >= 0.3 is 6.09 Å². The third kappa shape index (κ3) is 5.44. The Morgan fingerprint density at radius 2 is 1.89 bits per heavy atom. The highest BCUT2D eigenvalue weighted by atomic mass is 35.5. The summed E-state index contributed by atoms with van der Waals surface area (Å²) < 4.78 is 17.2. The number of piperazine rings is 1.